The highest BCUT2D eigenvalue weighted by Crippen LogP contribution is 2.25. The molecule has 4 nitrogen and oxygen atoms in total. The first-order valence-electron chi connectivity index (χ1n) is 4.22. The molecule has 2 rings (SSSR count). The first kappa shape index (κ1) is 9.48. The number of fused-ring (bicyclic) bond motifs is 1. The third-order valence-corrected chi connectivity index (χ3v) is 2.73. The number of imidazole rings is 1. The van der Waals surface area contributed by atoms with Gasteiger partial charge in [-0.25, -0.2) is 10.8 Å². The molecule has 5 heteroatoms. The number of aryl methyl sites for hydroxylation is 2. The molecule has 0 radical (unpaired) electrons. The lowest BCUT2D eigenvalue weighted by molar-refractivity contribution is 0.942. The summed E-state index contributed by atoms with van der Waals surface area (Å²) in [5.41, 5.74) is 5.73. The number of halogens is 1. The fraction of sp³-hybridized carbons (Fsp3) is 0.222. The van der Waals surface area contributed by atoms with Crippen molar-refractivity contribution in [3.05, 3.63) is 22.2 Å². The van der Waals surface area contributed by atoms with Crippen LogP contribution >= 0.6 is 15.9 Å². The number of hydrogen-bond donors (Lipinski definition) is 2. The summed E-state index contributed by atoms with van der Waals surface area (Å²) >= 11 is 3.46. The molecule has 74 valence electrons. The van der Waals surface area contributed by atoms with Gasteiger partial charge < -0.3 is 4.57 Å². The van der Waals surface area contributed by atoms with Gasteiger partial charge in [0, 0.05) is 11.5 Å². The molecule has 1 aromatic carbocycles. The number of nitrogen functional groups attached to an aromatic ring is 1. The van der Waals surface area contributed by atoms with Crippen LogP contribution in [-0.4, -0.2) is 9.55 Å². The Labute approximate surface area is 90.2 Å². The number of aromatic nitrogens is 2. The van der Waals surface area contributed by atoms with Gasteiger partial charge in [-0.3, -0.25) is 5.43 Å². The molecule has 1 heterocycles. The summed E-state index contributed by atoms with van der Waals surface area (Å²) in [5.74, 6) is 6.03. The zero-order valence-electron chi connectivity index (χ0n) is 8.00. The molecule has 0 aliphatic rings. The third kappa shape index (κ3) is 1.29. The van der Waals surface area contributed by atoms with Crippen LogP contribution in [0.4, 0.5) is 5.95 Å². The highest BCUT2D eigenvalue weighted by atomic mass is 79.9. The minimum absolute atomic E-state index is 0.668. The van der Waals surface area contributed by atoms with Gasteiger partial charge in [0.25, 0.3) is 0 Å². The SMILES string of the molecule is Cc1cc(Br)cc2c1nc(NN)n2C. The monoisotopic (exact) mass is 254 g/mol. The number of rotatable bonds is 1. The minimum Gasteiger partial charge on any atom is -0.312 e. The average Bonchev–Trinajstić information content (AvgIpc) is 2.44. The fourth-order valence-corrected chi connectivity index (χ4v) is 2.10. The predicted octanol–water partition coefficient (Wildman–Crippen LogP) is 1.93. The van der Waals surface area contributed by atoms with Crippen LogP contribution in [0.25, 0.3) is 11.0 Å². The van der Waals surface area contributed by atoms with Gasteiger partial charge in [0.1, 0.15) is 0 Å². The van der Waals surface area contributed by atoms with Crippen LogP contribution in [0.5, 0.6) is 0 Å². The summed E-state index contributed by atoms with van der Waals surface area (Å²) in [6.07, 6.45) is 0. The van der Waals surface area contributed by atoms with Crippen LogP contribution in [-0.2, 0) is 7.05 Å². The van der Waals surface area contributed by atoms with Gasteiger partial charge in [-0.1, -0.05) is 15.9 Å². The number of nitrogens with two attached hydrogens (primary N) is 1. The topological polar surface area (TPSA) is 55.9 Å². The van der Waals surface area contributed by atoms with E-state index in [4.69, 9.17) is 5.84 Å². The molecule has 0 saturated heterocycles. The van der Waals surface area contributed by atoms with Crippen LogP contribution in [0.15, 0.2) is 16.6 Å². The van der Waals surface area contributed by atoms with E-state index in [0.29, 0.717) is 5.95 Å². The first-order valence-corrected chi connectivity index (χ1v) is 5.02. The third-order valence-electron chi connectivity index (χ3n) is 2.27. The maximum atomic E-state index is 5.36. The van der Waals surface area contributed by atoms with E-state index in [1.807, 2.05) is 30.7 Å². The Morgan fingerprint density at radius 1 is 1.50 bits per heavy atom. The highest BCUT2D eigenvalue weighted by Gasteiger charge is 2.08. The van der Waals surface area contributed by atoms with Gasteiger partial charge in [-0.05, 0) is 24.6 Å². The molecule has 0 amide bonds. The molecule has 0 aliphatic carbocycles. The molecule has 0 unspecified atom stereocenters. The van der Waals surface area contributed by atoms with E-state index in [2.05, 4.69) is 26.3 Å². The molecule has 0 aliphatic heterocycles. The van der Waals surface area contributed by atoms with Crippen LogP contribution in [0.1, 0.15) is 5.56 Å². The number of nitrogens with one attached hydrogen (secondary N) is 1. The number of nitrogens with zero attached hydrogens (tertiary/aromatic N) is 2. The van der Waals surface area contributed by atoms with Gasteiger partial charge in [0.15, 0.2) is 0 Å². The van der Waals surface area contributed by atoms with Gasteiger partial charge in [-0.15, -0.1) is 0 Å². The molecule has 0 bridgehead atoms. The summed E-state index contributed by atoms with van der Waals surface area (Å²) < 4.78 is 2.97. The van der Waals surface area contributed by atoms with Crippen molar-refractivity contribution in [3.8, 4) is 0 Å². The molecular formula is C9H11BrN4. The van der Waals surface area contributed by atoms with Crippen LogP contribution in [0, 0.1) is 6.92 Å². The predicted molar refractivity (Wildman–Crippen MR) is 61.0 cm³/mol. The second-order valence-electron chi connectivity index (χ2n) is 3.23. The largest absolute Gasteiger partial charge is 0.312 e. The van der Waals surface area contributed by atoms with Crippen LogP contribution in [0.3, 0.4) is 0 Å². The molecule has 0 fully saturated rings. The molecule has 2 aromatic rings. The van der Waals surface area contributed by atoms with Gasteiger partial charge in [-0.2, -0.15) is 0 Å². The second-order valence-corrected chi connectivity index (χ2v) is 4.14. The standard InChI is InChI=1S/C9H11BrN4/c1-5-3-6(10)4-7-8(5)12-9(13-11)14(7)2/h3-4H,11H2,1-2H3,(H,12,13). The van der Waals surface area contributed by atoms with E-state index in [0.717, 1.165) is 21.1 Å². The molecule has 0 saturated carbocycles. The Kier molecular flexibility index (Phi) is 2.20. The zero-order chi connectivity index (χ0) is 10.3. The van der Waals surface area contributed by atoms with Crippen molar-refractivity contribution in [1.82, 2.24) is 9.55 Å². The summed E-state index contributed by atoms with van der Waals surface area (Å²) in [5, 5.41) is 0. The maximum absolute atomic E-state index is 5.36. The number of hydrogen-bond acceptors (Lipinski definition) is 3. The molecule has 14 heavy (non-hydrogen) atoms. The van der Waals surface area contributed by atoms with Crippen molar-refractivity contribution < 1.29 is 0 Å². The lowest BCUT2D eigenvalue weighted by Crippen LogP contribution is -2.11. The Morgan fingerprint density at radius 3 is 2.86 bits per heavy atom. The second kappa shape index (κ2) is 3.25. The first-order chi connectivity index (χ1) is 6.63. The molecule has 3 N–H and O–H groups in total. The van der Waals surface area contributed by atoms with E-state index < -0.39 is 0 Å². The number of anilines is 1. The highest BCUT2D eigenvalue weighted by molar-refractivity contribution is 9.10. The zero-order valence-corrected chi connectivity index (χ0v) is 9.59. The van der Waals surface area contributed by atoms with E-state index in [9.17, 15) is 0 Å². The van der Waals surface area contributed by atoms with Gasteiger partial charge in [0.05, 0.1) is 11.0 Å². The van der Waals surface area contributed by atoms with Crippen molar-refractivity contribution >= 4 is 32.9 Å². The average molecular weight is 255 g/mol. The maximum Gasteiger partial charge on any atom is 0.218 e. The number of benzene rings is 1. The molecule has 1 aromatic heterocycles. The number of hydrazine groups is 1. The molecule has 0 spiro atoms. The smallest absolute Gasteiger partial charge is 0.218 e. The lowest BCUT2D eigenvalue weighted by atomic mass is 10.2. The summed E-state index contributed by atoms with van der Waals surface area (Å²) in [4.78, 5) is 4.38. The Balaban J connectivity index is 2.85. The quantitative estimate of drug-likeness (QED) is 0.604. The fourth-order valence-electron chi connectivity index (χ4n) is 1.54. The van der Waals surface area contributed by atoms with Crippen molar-refractivity contribution in [1.29, 1.82) is 0 Å². The van der Waals surface area contributed by atoms with Crippen molar-refractivity contribution in [2.45, 2.75) is 6.92 Å². The van der Waals surface area contributed by atoms with Gasteiger partial charge >= 0.3 is 0 Å². The van der Waals surface area contributed by atoms with Crippen LogP contribution < -0.4 is 11.3 Å². The van der Waals surface area contributed by atoms with Gasteiger partial charge in [0.2, 0.25) is 5.95 Å². The van der Waals surface area contributed by atoms with E-state index in [-0.39, 0.29) is 0 Å². The Hall–Kier alpha value is -1.07. The summed E-state index contributed by atoms with van der Waals surface area (Å²) in [6, 6.07) is 4.06. The summed E-state index contributed by atoms with van der Waals surface area (Å²) in [6.45, 7) is 2.03. The van der Waals surface area contributed by atoms with Crippen molar-refractivity contribution in [3.63, 3.8) is 0 Å². The normalized spacial score (nSPS) is 10.9. The van der Waals surface area contributed by atoms with Crippen LogP contribution in [0.2, 0.25) is 0 Å². The minimum atomic E-state index is 0.668. The van der Waals surface area contributed by atoms with E-state index >= 15 is 0 Å². The van der Waals surface area contributed by atoms with Crippen molar-refractivity contribution in [2.75, 3.05) is 5.43 Å². The molecular weight excluding hydrogens is 244 g/mol. The lowest BCUT2D eigenvalue weighted by Gasteiger charge is -2.00. The molecule has 0 atom stereocenters. The van der Waals surface area contributed by atoms with Crippen molar-refractivity contribution in [2.24, 2.45) is 12.9 Å². The van der Waals surface area contributed by atoms with E-state index in [1.54, 1.807) is 0 Å². The Bertz CT molecular complexity index is 489. The Morgan fingerprint density at radius 2 is 2.21 bits per heavy atom. The van der Waals surface area contributed by atoms with E-state index in [1.165, 1.54) is 0 Å². The summed E-state index contributed by atoms with van der Waals surface area (Å²) in [7, 11) is 1.93.